The van der Waals surface area contributed by atoms with Crippen molar-refractivity contribution in [3.8, 4) is 0 Å². The van der Waals surface area contributed by atoms with Crippen LogP contribution in [-0.2, 0) is 0 Å². The largest absolute Gasteiger partial charge is 0.383 e. The zero-order valence-electron chi connectivity index (χ0n) is 10.8. The lowest BCUT2D eigenvalue weighted by atomic mass is 10.1. The molecule has 0 aliphatic heterocycles. The first-order valence-corrected chi connectivity index (χ1v) is 6.39. The summed E-state index contributed by atoms with van der Waals surface area (Å²) < 4.78 is 0. The standard InChI is InChI=1S/C13H17N3O3/c1-14-11-7-6-9(8-12(11)16(18)19)13(17)15-10-4-2-3-5-10/h6-8,10,14H,2-5H2,1H3,(H,15,17). The zero-order chi connectivity index (χ0) is 13.8. The van der Waals surface area contributed by atoms with E-state index in [0.717, 1.165) is 25.7 Å². The summed E-state index contributed by atoms with van der Waals surface area (Å²) in [6.45, 7) is 0. The minimum Gasteiger partial charge on any atom is -0.383 e. The molecule has 0 bridgehead atoms. The third-order valence-electron chi connectivity index (χ3n) is 3.42. The van der Waals surface area contributed by atoms with Gasteiger partial charge in [0.25, 0.3) is 11.6 Å². The molecule has 0 saturated heterocycles. The molecule has 102 valence electrons. The van der Waals surface area contributed by atoms with Crippen LogP contribution in [-0.4, -0.2) is 23.9 Å². The number of amides is 1. The molecule has 0 aromatic heterocycles. The molecule has 0 atom stereocenters. The number of carbonyl (C=O) groups excluding carboxylic acids is 1. The number of benzene rings is 1. The van der Waals surface area contributed by atoms with Gasteiger partial charge in [0.15, 0.2) is 0 Å². The third kappa shape index (κ3) is 3.01. The van der Waals surface area contributed by atoms with E-state index in [2.05, 4.69) is 10.6 Å². The van der Waals surface area contributed by atoms with Crippen LogP contribution in [0.3, 0.4) is 0 Å². The number of nitro benzene ring substituents is 1. The van der Waals surface area contributed by atoms with Crippen LogP contribution in [0, 0.1) is 10.1 Å². The van der Waals surface area contributed by atoms with Crippen molar-refractivity contribution in [1.29, 1.82) is 0 Å². The molecule has 2 rings (SSSR count). The smallest absolute Gasteiger partial charge is 0.293 e. The molecule has 0 spiro atoms. The minimum atomic E-state index is -0.488. The molecule has 6 heteroatoms. The molecule has 6 nitrogen and oxygen atoms in total. The van der Waals surface area contributed by atoms with Gasteiger partial charge in [-0.2, -0.15) is 0 Å². The molecular weight excluding hydrogens is 246 g/mol. The van der Waals surface area contributed by atoms with Gasteiger partial charge in [-0.25, -0.2) is 0 Å². The number of carbonyl (C=O) groups is 1. The number of rotatable bonds is 4. The highest BCUT2D eigenvalue weighted by atomic mass is 16.6. The predicted molar refractivity (Wildman–Crippen MR) is 72.4 cm³/mol. The Kier molecular flexibility index (Phi) is 3.99. The lowest BCUT2D eigenvalue weighted by molar-refractivity contribution is -0.384. The second-order valence-electron chi connectivity index (χ2n) is 4.69. The highest BCUT2D eigenvalue weighted by Gasteiger charge is 2.20. The first kappa shape index (κ1) is 13.3. The number of hydrogen-bond acceptors (Lipinski definition) is 4. The van der Waals surface area contributed by atoms with Gasteiger partial charge in [0.05, 0.1) is 4.92 Å². The summed E-state index contributed by atoms with van der Waals surface area (Å²) >= 11 is 0. The van der Waals surface area contributed by atoms with E-state index in [1.54, 1.807) is 19.2 Å². The fraction of sp³-hybridized carbons (Fsp3) is 0.462. The van der Waals surface area contributed by atoms with Crippen LogP contribution in [0.15, 0.2) is 18.2 Å². The minimum absolute atomic E-state index is 0.0819. The van der Waals surface area contributed by atoms with Crippen LogP contribution in [0.4, 0.5) is 11.4 Å². The van der Waals surface area contributed by atoms with Crippen LogP contribution in [0.1, 0.15) is 36.0 Å². The van der Waals surface area contributed by atoms with E-state index in [0.29, 0.717) is 11.3 Å². The van der Waals surface area contributed by atoms with E-state index < -0.39 is 4.92 Å². The fourth-order valence-electron chi connectivity index (χ4n) is 2.37. The molecule has 0 unspecified atom stereocenters. The maximum absolute atomic E-state index is 12.0. The van der Waals surface area contributed by atoms with Crippen LogP contribution < -0.4 is 10.6 Å². The average Bonchev–Trinajstić information content (AvgIpc) is 2.90. The Labute approximate surface area is 111 Å². The van der Waals surface area contributed by atoms with Gasteiger partial charge >= 0.3 is 0 Å². The van der Waals surface area contributed by atoms with Gasteiger partial charge in [0, 0.05) is 24.7 Å². The molecule has 1 aliphatic carbocycles. The number of nitro groups is 1. The van der Waals surface area contributed by atoms with Crippen LogP contribution in [0.25, 0.3) is 0 Å². The van der Waals surface area contributed by atoms with Gasteiger partial charge in [0.1, 0.15) is 5.69 Å². The maximum atomic E-state index is 12.0. The zero-order valence-corrected chi connectivity index (χ0v) is 10.8. The molecule has 0 heterocycles. The third-order valence-corrected chi connectivity index (χ3v) is 3.42. The average molecular weight is 263 g/mol. The molecule has 1 aromatic carbocycles. The second kappa shape index (κ2) is 5.69. The lowest BCUT2D eigenvalue weighted by Gasteiger charge is -2.12. The van der Waals surface area contributed by atoms with Crippen molar-refractivity contribution in [1.82, 2.24) is 5.32 Å². The Morgan fingerprint density at radius 2 is 2.05 bits per heavy atom. The Balaban J connectivity index is 2.17. The van der Waals surface area contributed by atoms with Gasteiger partial charge in [-0.1, -0.05) is 12.8 Å². The van der Waals surface area contributed by atoms with Crippen molar-refractivity contribution in [2.45, 2.75) is 31.7 Å². The van der Waals surface area contributed by atoms with Gasteiger partial charge in [-0.05, 0) is 25.0 Å². The summed E-state index contributed by atoms with van der Waals surface area (Å²) in [7, 11) is 1.61. The normalized spacial score (nSPS) is 15.2. The monoisotopic (exact) mass is 263 g/mol. The number of hydrogen-bond donors (Lipinski definition) is 2. The summed E-state index contributed by atoms with van der Waals surface area (Å²) in [5.41, 5.74) is 0.654. The Morgan fingerprint density at radius 1 is 1.37 bits per heavy atom. The van der Waals surface area contributed by atoms with E-state index in [1.165, 1.54) is 6.07 Å². The molecule has 1 aliphatic rings. The quantitative estimate of drug-likeness (QED) is 0.645. The molecule has 1 saturated carbocycles. The van der Waals surface area contributed by atoms with Crippen molar-refractivity contribution in [2.24, 2.45) is 0 Å². The Morgan fingerprint density at radius 3 is 2.63 bits per heavy atom. The number of nitrogens with one attached hydrogen (secondary N) is 2. The van der Waals surface area contributed by atoms with Crippen molar-refractivity contribution < 1.29 is 9.72 Å². The maximum Gasteiger partial charge on any atom is 0.293 e. The van der Waals surface area contributed by atoms with Crippen molar-refractivity contribution in [3.63, 3.8) is 0 Å². The Bertz CT molecular complexity index is 496. The number of nitrogens with zero attached hydrogens (tertiary/aromatic N) is 1. The molecule has 1 fully saturated rings. The van der Waals surface area contributed by atoms with E-state index in [4.69, 9.17) is 0 Å². The van der Waals surface area contributed by atoms with E-state index in [1.807, 2.05) is 0 Å². The van der Waals surface area contributed by atoms with Gasteiger partial charge in [-0.3, -0.25) is 14.9 Å². The van der Waals surface area contributed by atoms with Crippen LogP contribution >= 0.6 is 0 Å². The summed E-state index contributed by atoms with van der Waals surface area (Å²) in [5, 5.41) is 16.6. The topological polar surface area (TPSA) is 84.3 Å². The summed E-state index contributed by atoms with van der Waals surface area (Å²) in [4.78, 5) is 22.5. The summed E-state index contributed by atoms with van der Waals surface area (Å²) in [6, 6.07) is 4.68. The SMILES string of the molecule is CNc1ccc(C(=O)NC2CCCC2)cc1[N+](=O)[O-]. The van der Waals surface area contributed by atoms with E-state index >= 15 is 0 Å². The fourth-order valence-corrected chi connectivity index (χ4v) is 2.37. The number of anilines is 1. The summed E-state index contributed by atoms with van der Waals surface area (Å²) in [6.07, 6.45) is 4.23. The molecule has 1 aromatic rings. The van der Waals surface area contributed by atoms with Crippen LogP contribution in [0.5, 0.6) is 0 Å². The van der Waals surface area contributed by atoms with E-state index in [-0.39, 0.29) is 17.6 Å². The highest BCUT2D eigenvalue weighted by molar-refractivity contribution is 5.95. The van der Waals surface area contributed by atoms with Crippen molar-refractivity contribution in [2.75, 3.05) is 12.4 Å². The summed E-state index contributed by atoms with van der Waals surface area (Å²) in [5.74, 6) is -0.238. The first-order valence-electron chi connectivity index (χ1n) is 6.39. The Hall–Kier alpha value is -2.11. The van der Waals surface area contributed by atoms with Crippen LogP contribution in [0.2, 0.25) is 0 Å². The molecule has 2 N–H and O–H groups in total. The molecule has 19 heavy (non-hydrogen) atoms. The van der Waals surface area contributed by atoms with Gasteiger partial charge < -0.3 is 10.6 Å². The predicted octanol–water partition coefficient (Wildman–Crippen LogP) is 2.31. The van der Waals surface area contributed by atoms with Gasteiger partial charge in [-0.15, -0.1) is 0 Å². The van der Waals surface area contributed by atoms with E-state index in [9.17, 15) is 14.9 Å². The van der Waals surface area contributed by atoms with Crippen molar-refractivity contribution >= 4 is 17.3 Å². The lowest BCUT2D eigenvalue weighted by Crippen LogP contribution is -2.32. The second-order valence-corrected chi connectivity index (χ2v) is 4.69. The molecule has 0 radical (unpaired) electrons. The molecule has 1 amide bonds. The van der Waals surface area contributed by atoms with Crippen molar-refractivity contribution in [3.05, 3.63) is 33.9 Å². The molecular formula is C13H17N3O3. The van der Waals surface area contributed by atoms with Gasteiger partial charge in [0.2, 0.25) is 0 Å². The highest BCUT2D eigenvalue weighted by Crippen LogP contribution is 2.25. The first-order chi connectivity index (χ1) is 9.11.